The van der Waals surface area contributed by atoms with Gasteiger partial charge in [-0.2, -0.15) is 0 Å². The van der Waals surface area contributed by atoms with Gasteiger partial charge in [0.2, 0.25) is 0 Å². The Balaban J connectivity index is 2.04. The molecule has 2 N–H and O–H groups in total. The zero-order valence-corrected chi connectivity index (χ0v) is 24.4. The van der Waals surface area contributed by atoms with Crippen molar-refractivity contribution < 1.29 is 48.4 Å². The van der Waals surface area contributed by atoms with Crippen molar-refractivity contribution in [3.63, 3.8) is 0 Å². The molecule has 2 fully saturated rings. The van der Waals surface area contributed by atoms with E-state index >= 15 is 0 Å². The number of fused-ring (bicyclic) bond motifs is 3. The van der Waals surface area contributed by atoms with E-state index in [9.17, 15) is 34.2 Å². The van der Waals surface area contributed by atoms with E-state index < -0.39 is 82.2 Å². The molecule has 1 aromatic carbocycles. The van der Waals surface area contributed by atoms with Crippen LogP contribution in [0.1, 0.15) is 71.7 Å². The molecule has 222 valence electrons. The third-order valence-electron chi connectivity index (χ3n) is 9.69. The maximum atomic E-state index is 14.6. The van der Waals surface area contributed by atoms with Crippen LogP contribution in [-0.4, -0.2) is 69.7 Å². The first-order valence-corrected chi connectivity index (χ1v) is 13.8. The quantitative estimate of drug-likeness (QED) is 0.314. The van der Waals surface area contributed by atoms with Crippen molar-refractivity contribution in [1.82, 2.24) is 0 Å². The number of aliphatic hydroxyl groups excluding tert-OH is 1. The summed E-state index contributed by atoms with van der Waals surface area (Å²) in [5, 5.41) is 23.8. The molecule has 4 rings (SSSR count). The first-order chi connectivity index (χ1) is 19.0. The standard InChI is InChI=1S/C31H38O10/c1-15-13-21(39-17(3)32)24(35)23-27(41-28(37)19-11-9-8-10-12-19)31(38)14-20(34)16(2)22(29(31,5)6)25(40-18(4)33)26(36)30(15,23)7/h8-12,15,20-21,23,25,27,34,38H,13-14H2,1-7H3. The van der Waals surface area contributed by atoms with Crippen LogP contribution in [0.15, 0.2) is 41.5 Å². The number of hydrogen-bond acceptors (Lipinski definition) is 10. The molecule has 3 aliphatic rings. The Morgan fingerprint density at radius 3 is 2.10 bits per heavy atom. The number of ketones is 2. The van der Waals surface area contributed by atoms with Crippen LogP contribution in [0.2, 0.25) is 0 Å². The van der Waals surface area contributed by atoms with Crippen LogP contribution >= 0.6 is 0 Å². The van der Waals surface area contributed by atoms with E-state index in [1.54, 1.807) is 45.9 Å². The Kier molecular flexibility index (Phi) is 7.81. The third-order valence-corrected chi connectivity index (χ3v) is 9.69. The molecule has 0 amide bonds. The van der Waals surface area contributed by atoms with Gasteiger partial charge in [-0.15, -0.1) is 0 Å². The average molecular weight is 571 g/mol. The minimum Gasteiger partial charge on any atom is -0.455 e. The first kappa shape index (κ1) is 30.6. The molecule has 3 aliphatic carbocycles. The number of carbonyl (C=O) groups is 5. The minimum absolute atomic E-state index is 0.00816. The Bertz CT molecular complexity index is 1310. The number of carbonyl (C=O) groups excluding carboxylic acids is 5. The van der Waals surface area contributed by atoms with Gasteiger partial charge in [0.05, 0.1) is 17.6 Å². The topological polar surface area (TPSA) is 154 Å². The average Bonchev–Trinajstić information content (AvgIpc) is 2.88. The number of esters is 3. The Hall–Kier alpha value is -3.37. The molecule has 2 saturated carbocycles. The summed E-state index contributed by atoms with van der Waals surface area (Å²) in [5.41, 5.74) is -4.49. The van der Waals surface area contributed by atoms with E-state index in [1.165, 1.54) is 19.1 Å². The van der Waals surface area contributed by atoms with Crippen LogP contribution in [0.5, 0.6) is 0 Å². The maximum Gasteiger partial charge on any atom is 0.338 e. The molecule has 0 spiro atoms. The number of ether oxygens (including phenoxy) is 3. The zero-order valence-electron chi connectivity index (χ0n) is 24.4. The molecule has 0 radical (unpaired) electrons. The summed E-state index contributed by atoms with van der Waals surface area (Å²) >= 11 is 0. The highest BCUT2D eigenvalue weighted by molar-refractivity contribution is 6.01. The fourth-order valence-corrected chi connectivity index (χ4v) is 7.16. The van der Waals surface area contributed by atoms with Crippen molar-refractivity contribution >= 4 is 29.5 Å². The van der Waals surface area contributed by atoms with E-state index in [0.29, 0.717) is 5.57 Å². The van der Waals surface area contributed by atoms with Gasteiger partial charge in [-0.05, 0) is 42.5 Å². The molecule has 10 heteroatoms. The minimum atomic E-state index is -2.12. The summed E-state index contributed by atoms with van der Waals surface area (Å²) in [6.45, 7) is 10.4. The van der Waals surface area contributed by atoms with Gasteiger partial charge in [0.15, 0.2) is 23.8 Å². The summed E-state index contributed by atoms with van der Waals surface area (Å²) in [6, 6.07) is 7.99. The van der Waals surface area contributed by atoms with Crippen molar-refractivity contribution in [2.45, 2.75) is 91.3 Å². The van der Waals surface area contributed by atoms with Gasteiger partial charge in [0.1, 0.15) is 11.7 Å². The molecule has 2 bridgehead atoms. The Labute approximate surface area is 239 Å². The summed E-state index contributed by atoms with van der Waals surface area (Å²) in [6.07, 6.45) is -6.10. The second kappa shape index (κ2) is 10.5. The zero-order chi connectivity index (χ0) is 30.7. The lowest BCUT2D eigenvalue weighted by Crippen LogP contribution is -2.72. The lowest BCUT2D eigenvalue weighted by molar-refractivity contribution is -0.219. The summed E-state index contributed by atoms with van der Waals surface area (Å²) in [4.78, 5) is 66.7. The van der Waals surface area contributed by atoms with Crippen molar-refractivity contribution in [2.75, 3.05) is 0 Å². The lowest BCUT2D eigenvalue weighted by Gasteiger charge is -2.60. The van der Waals surface area contributed by atoms with Crippen LogP contribution in [0.25, 0.3) is 0 Å². The van der Waals surface area contributed by atoms with Crippen LogP contribution in [-0.2, 0) is 33.4 Å². The fraction of sp³-hybridized carbons (Fsp3) is 0.581. The normalized spacial score (nSPS) is 36.4. The number of hydrogen-bond donors (Lipinski definition) is 2. The number of aliphatic hydroxyl groups is 2. The van der Waals surface area contributed by atoms with E-state index in [2.05, 4.69) is 0 Å². The van der Waals surface area contributed by atoms with Gasteiger partial charge < -0.3 is 24.4 Å². The van der Waals surface area contributed by atoms with Gasteiger partial charge in [-0.3, -0.25) is 19.2 Å². The summed E-state index contributed by atoms with van der Waals surface area (Å²) in [5.74, 6) is -5.79. The Morgan fingerprint density at radius 1 is 0.951 bits per heavy atom. The first-order valence-electron chi connectivity index (χ1n) is 13.8. The highest BCUT2D eigenvalue weighted by atomic mass is 16.6. The molecular weight excluding hydrogens is 532 g/mol. The van der Waals surface area contributed by atoms with Crippen LogP contribution < -0.4 is 0 Å². The number of rotatable bonds is 4. The third kappa shape index (κ3) is 4.70. The summed E-state index contributed by atoms with van der Waals surface area (Å²) in [7, 11) is 0. The monoisotopic (exact) mass is 570 g/mol. The van der Waals surface area contributed by atoms with E-state index in [4.69, 9.17) is 14.2 Å². The predicted molar refractivity (Wildman–Crippen MR) is 144 cm³/mol. The van der Waals surface area contributed by atoms with E-state index in [0.717, 1.165) is 13.8 Å². The number of Topliss-reactive ketones (excluding diaryl/α,β-unsaturated/α-hetero) is 2. The highest BCUT2D eigenvalue weighted by Gasteiger charge is 2.71. The summed E-state index contributed by atoms with van der Waals surface area (Å²) < 4.78 is 17.0. The largest absolute Gasteiger partial charge is 0.455 e. The molecule has 0 aliphatic heterocycles. The molecule has 0 saturated heterocycles. The molecule has 1 aromatic rings. The Morgan fingerprint density at radius 2 is 1.54 bits per heavy atom. The van der Waals surface area contributed by atoms with E-state index in [1.807, 2.05) is 0 Å². The number of benzene rings is 1. The lowest BCUT2D eigenvalue weighted by atomic mass is 9.46. The SMILES string of the molecule is CC(=O)OC1CC(C)C2(C)C(=O)C(OC(C)=O)C3=C(C)C(O)CC(O)(C(OC(=O)c4ccccc4)C2C1=O)C3(C)C. The van der Waals surface area contributed by atoms with Crippen LogP contribution in [0, 0.1) is 22.7 Å². The van der Waals surface area contributed by atoms with Gasteiger partial charge in [0, 0.05) is 31.1 Å². The maximum absolute atomic E-state index is 14.6. The van der Waals surface area contributed by atoms with Crippen molar-refractivity contribution in [1.29, 1.82) is 0 Å². The van der Waals surface area contributed by atoms with E-state index in [-0.39, 0.29) is 24.0 Å². The highest BCUT2D eigenvalue weighted by Crippen LogP contribution is 2.60. The van der Waals surface area contributed by atoms with Gasteiger partial charge in [0.25, 0.3) is 0 Å². The fourth-order valence-electron chi connectivity index (χ4n) is 7.16. The predicted octanol–water partition coefficient (Wildman–Crippen LogP) is 2.73. The van der Waals surface area contributed by atoms with Gasteiger partial charge >= 0.3 is 17.9 Å². The molecule has 8 atom stereocenters. The van der Waals surface area contributed by atoms with Crippen molar-refractivity contribution in [2.24, 2.45) is 22.7 Å². The molecule has 10 nitrogen and oxygen atoms in total. The second-order valence-corrected chi connectivity index (χ2v) is 12.3. The van der Waals surface area contributed by atoms with Crippen molar-refractivity contribution in [3.05, 3.63) is 47.0 Å². The van der Waals surface area contributed by atoms with Gasteiger partial charge in [-0.1, -0.05) is 45.9 Å². The smallest absolute Gasteiger partial charge is 0.338 e. The molecule has 41 heavy (non-hydrogen) atoms. The molecule has 0 heterocycles. The molecule has 0 aromatic heterocycles. The van der Waals surface area contributed by atoms with Crippen molar-refractivity contribution in [3.8, 4) is 0 Å². The molecular formula is C31H38O10. The molecule has 8 unspecified atom stereocenters. The van der Waals surface area contributed by atoms with Crippen LogP contribution in [0.4, 0.5) is 0 Å². The van der Waals surface area contributed by atoms with Gasteiger partial charge in [-0.25, -0.2) is 4.79 Å². The van der Waals surface area contributed by atoms with Crippen LogP contribution in [0.3, 0.4) is 0 Å². The second-order valence-electron chi connectivity index (χ2n) is 12.3.